The van der Waals surface area contributed by atoms with Crippen LogP contribution in [0.3, 0.4) is 0 Å². The normalized spacial score (nSPS) is 24.3. The lowest BCUT2D eigenvalue weighted by Gasteiger charge is -2.13. The quantitative estimate of drug-likeness (QED) is 0.570. The number of rotatable bonds is 3. The first-order valence-corrected chi connectivity index (χ1v) is 5.23. The van der Waals surface area contributed by atoms with E-state index < -0.39 is 12.1 Å². The minimum Gasteiger partial charge on any atom is -0.391 e. The van der Waals surface area contributed by atoms with Gasteiger partial charge in [-0.25, -0.2) is 0 Å². The maximum Gasteiger partial charge on any atom is 0.182 e. The maximum absolute atomic E-state index is 12.0. The number of carbonyl (C=O) groups excluding carboxylic acids is 2. The molecule has 16 heavy (non-hydrogen) atoms. The molecule has 0 amide bonds. The summed E-state index contributed by atoms with van der Waals surface area (Å²) < 4.78 is 0. The van der Waals surface area contributed by atoms with Crippen molar-refractivity contribution in [3.05, 3.63) is 35.4 Å². The molecular weight excluding hydrogens is 206 g/mol. The van der Waals surface area contributed by atoms with Crippen LogP contribution in [0.15, 0.2) is 24.3 Å². The fourth-order valence-electron chi connectivity index (χ4n) is 1.90. The van der Waals surface area contributed by atoms with Crippen LogP contribution in [0, 0.1) is 0 Å². The minimum atomic E-state index is -0.632. The van der Waals surface area contributed by atoms with Crippen LogP contribution in [-0.2, 0) is 0 Å². The second-order valence-electron chi connectivity index (χ2n) is 3.90. The average Bonchev–Trinajstić information content (AvgIpc) is 2.74. The summed E-state index contributed by atoms with van der Waals surface area (Å²) in [7, 11) is 0. The van der Waals surface area contributed by atoms with E-state index in [0.29, 0.717) is 30.4 Å². The van der Waals surface area contributed by atoms with Gasteiger partial charge in [0.2, 0.25) is 0 Å². The molecule has 0 bridgehead atoms. The average molecular weight is 219 g/mol. The van der Waals surface area contributed by atoms with Crippen LogP contribution < -0.4 is 5.32 Å². The van der Waals surface area contributed by atoms with Crippen LogP contribution in [0.25, 0.3) is 0 Å². The Morgan fingerprint density at radius 2 is 2.31 bits per heavy atom. The molecule has 0 radical (unpaired) electrons. The summed E-state index contributed by atoms with van der Waals surface area (Å²) in [4.78, 5) is 22.6. The Morgan fingerprint density at radius 1 is 1.50 bits per heavy atom. The van der Waals surface area contributed by atoms with Gasteiger partial charge in [-0.3, -0.25) is 9.59 Å². The van der Waals surface area contributed by atoms with Gasteiger partial charge in [0.05, 0.1) is 12.1 Å². The number of hydrogen-bond donors (Lipinski definition) is 2. The van der Waals surface area contributed by atoms with E-state index in [4.69, 9.17) is 0 Å². The van der Waals surface area contributed by atoms with Gasteiger partial charge in [0.25, 0.3) is 0 Å². The molecule has 1 fully saturated rings. The summed E-state index contributed by atoms with van der Waals surface area (Å²) in [5.74, 6) is -0.159. The lowest BCUT2D eigenvalue weighted by atomic mass is 10.00. The van der Waals surface area contributed by atoms with Crippen molar-refractivity contribution >= 4 is 12.1 Å². The van der Waals surface area contributed by atoms with Crippen LogP contribution in [0.2, 0.25) is 0 Å². The Balaban J connectivity index is 2.23. The van der Waals surface area contributed by atoms with Crippen LogP contribution in [0.1, 0.15) is 27.1 Å². The summed E-state index contributed by atoms with van der Waals surface area (Å²) in [6, 6.07) is 5.96. The lowest BCUT2D eigenvalue weighted by molar-refractivity contribution is 0.0841. The Kier molecular flexibility index (Phi) is 3.12. The van der Waals surface area contributed by atoms with Crippen LogP contribution in [-0.4, -0.2) is 35.9 Å². The summed E-state index contributed by atoms with van der Waals surface area (Å²) in [5.41, 5.74) is 0.932. The number of aldehydes is 1. The van der Waals surface area contributed by atoms with E-state index in [-0.39, 0.29) is 5.78 Å². The van der Waals surface area contributed by atoms with Crippen molar-refractivity contribution < 1.29 is 14.7 Å². The van der Waals surface area contributed by atoms with Crippen molar-refractivity contribution in [3.8, 4) is 0 Å². The fraction of sp³-hybridized carbons (Fsp3) is 0.333. The summed E-state index contributed by atoms with van der Waals surface area (Å²) in [5, 5.41) is 12.5. The first-order chi connectivity index (χ1) is 7.72. The van der Waals surface area contributed by atoms with Gasteiger partial charge in [-0.05, 0) is 19.0 Å². The Morgan fingerprint density at radius 3 is 2.94 bits per heavy atom. The van der Waals surface area contributed by atoms with E-state index in [1.54, 1.807) is 24.3 Å². The Labute approximate surface area is 93.3 Å². The molecule has 2 atom stereocenters. The molecule has 4 heteroatoms. The zero-order valence-corrected chi connectivity index (χ0v) is 8.72. The molecule has 1 aliphatic rings. The third kappa shape index (κ3) is 2.03. The predicted octanol–water partition coefficient (Wildman–Crippen LogP) is 0.405. The summed E-state index contributed by atoms with van der Waals surface area (Å²) in [6.07, 6.45) is 0.659. The highest BCUT2D eigenvalue weighted by Crippen LogP contribution is 2.14. The largest absolute Gasteiger partial charge is 0.391 e. The molecule has 1 aromatic carbocycles. The molecule has 84 valence electrons. The SMILES string of the molecule is O=Cc1cccc(C(=O)[C@H]2NCC[C@@H]2O)c1. The number of nitrogens with one attached hydrogen (secondary N) is 1. The molecule has 2 N–H and O–H groups in total. The van der Waals surface area contributed by atoms with Gasteiger partial charge >= 0.3 is 0 Å². The van der Waals surface area contributed by atoms with Gasteiger partial charge < -0.3 is 10.4 Å². The van der Waals surface area contributed by atoms with Crippen LogP contribution >= 0.6 is 0 Å². The number of Topliss-reactive ketones (excluding diaryl/α,β-unsaturated/α-hetero) is 1. The number of aliphatic hydroxyl groups is 1. The number of hydrogen-bond acceptors (Lipinski definition) is 4. The van der Waals surface area contributed by atoms with E-state index in [9.17, 15) is 14.7 Å². The topological polar surface area (TPSA) is 66.4 Å². The first kappa shape index (κ1) is 11.0. The Bertz CT molecular complexity index is 416. The van der Waals surface area contributed by atoms with Gasteiger partial charge in [-0.2, -0.15) is 0 Å². The number of benzene rings is 1. The summed E-state index contributed by atoms with van der Waals surface area (Å²) in [6.45, 7) is 0.644. The number of carbonyl (C=O) groups is 2. The van der Waals surface area contributed by atoms with Crippen molar-refractivity contribution in [1.82, 2.24) is 5.32 Å². The Hall–Kier alpha value is -1.52. The van der Waals surface area contributed by atoms with Crippen molar-refractivity contribution in [2.75, 3.05) is 6.54 Å². The molecule has 1 aromatic rings. The van der Waals surface area contributed by atoms with E-state index >= 15 is 0 Å². The van der Waals surface area contributed by atoms with Gasteiger partial charge in [0.15, 0.2) is 5.78 Å². The molecule has 0 spiro atoms. The molecule has 1 aliphatic heterocycles. The highest BCUT2D eigenvalue weighted by atomic mass is 16.3. The van der Waals surface area contributed by atoms with E-state index in [1.807, 2.05) is 0 Å². The number of ketones is 1. The second-order valence-corrected chi connectivity index (χ2v) is 3.90. The molecule has 0 saturated carbocycles. The lowest BCUT2D eigenvalue weighted by Crippen LogP contribution is -2.38. The maximum atomic E-state index is 12.0. The summed E-state index contributed by atoms with van der Waals surface area (Å²) >= 11 is 0. The van der Waals surface area contributed by atoms with Gasteiger partial charge in [-0.1, -0.05) is 18.2 Å². The van der Waals surface area contributed by atoms with Gasteiger partial charge in [0, 0.05) is 11.1 Å². The third-order valence-electron chi connectivity index (χ3n) is 2.78. The van der Waals surface area contributed by atoms with E-state index in [1.165, 1.54) is 0 Å². The van der Waals surface area contributed by atoms with E-state index in [0.717, 1.165) is 0 Å². The van der Waals surface area contributed by atoms with Crippen LogP contribution in [0.5, 0.6) is 0 Å². The van der Waals surface area contributed by atoms with Gasteiger partial charge in [0.1, 0.15) is 6.29 Å². The molecule has 0 unspecified atom stereocenters. The predicted molar refractivity (Wildman–Crippen MR) is 58.6 cm³/mol. The first-order valence-electron chi connectivity index (χ1n) is 5.23. The molecular formula is C12H13NO3. The molecule has 1 heterocycles. The monoisotopic (exact) mass is 219 g/mol. The zero-order chi connectivity index (χ0) is 11.5. The zero-order valence-electron chi connectivity index (χ0n) is 8.72. The van der Waals surface area contributed by atoms with Crippen molar-refractivity contribution in [2.24, 2.45) is 0 Å². The smallest absolute Gasteiger partial charge is 0.182 e. The molecule has 0 aliphatic carbocycles. The third-order valence-corrected chi connectivity index (χ3v) is 2.78. The molecule has 4 nitrogen and oxygen atoms in total. The molecule has 1 saturated heterocycles. The van der Waals surface area contributed by atoms with Crippen molar-refractivity contribution in [1.29, 1.82) is 0 Å². The molecule has 0 aromatic heterocycles. The molecule has 2 rings (SSSR count). The fourth-order valence-corrected chi connectivity index (χ4v) is 1.90. The standard InChI is InChI=1S/C12H13NO3/c14-7-8-2-1-3-9(6-8)12(16)11-10(15)4-5-13-11/h1-3,6-7,10-11,13,15H,4-5H2/t10-,11-/m0/s1. The minimum absolute atomic E-state index is 0.159. The van der Waals surface area contributed by atoms with Crippen molar-refractivity contribution in [2.45, 2.75) is 18.6 Å². The van der Waals surface area contributed by atoms with Crippen LogP contribution in [0.4, 0.5) is 0 Å². The highest BCUT2D eigenvalue weighted by Gasteiger charge is 2.31. The van der Waals surface area contributed by atoms with Crippen molar-refractivity contribution in [3.63, 3.8) is 0 Å². The second kappa shape index (κ2) is 4.55. The van der Waals surface area contributed by atoms with E-state index in [2.05, 4.69) is 5.32 Å². The number of aliphatic hydroxyl groups excluding tert-OH is 1. The van der Waals surface area contributed by atoms with Gasteiger partial charge in [-0.15, -0.1) is 0 Å². The highest BCUT2D eigenvalue weighted by molar-refractivity contribution is 6.01.